The number of rotatable bonds is 7. The van der Waals surface area contributed by atoms with Crippen LogP contribution in [-0.4, -0.2) is 56.5 Å². The SMILES string of the molecule is CC1(C)[C@@H]2CC[C@]1(C)C[C@@H]2OC(=O)C[N+](C)(C)CCO[C@H]1C[C@@H]2CC[C@@]1(C)C2(C)C. The molecule has 0 heterocycles. The fourth-order valence-corrected chi connectivity index (χ4v) is 7.79. The molecule has 0 radical (unpaired) electrons. The first-order chi connectivity index (χ1) is 13.7. The molecule has 0 spiro atoms. The molecule has 4 fully saturated rings. The minimum absolute atomic E-state index is 0.0371. The minimum Gasteiger partial charge on any atom is -0.458 e. The first-order valence-electron chi connectivity index (χ1n) is 12.4. The highest BCUT2D eigenvalue weighted by Gasteiger charge is 2.63. The zero-order valence-corrected chi connectivity index (χ0v) is 20.8. The van der Waals surface area contributed by atoms with Gasteiger partial charge >= 0.3 is 5.97 Å². The van der Waals surface area contributed by atoms with Crippen molar-refractivity contribution in [2.45, 2.75) is 92.3 Å². The molecule has 30 heavy (non-hydrogen) atoms. The summed E-state index contributed by atoms with van der Waals surface area (Å²) in [7, 11) is 4.26. The van der Waals surface area contributed by atoms with Crippen molar-refractivity contribution in [3.63, 3.8) is 0 Å². The molecule has 0 aromatic rings. The molecule has 4 aliphatic carbocycles. The van der Waals surface area contributed by atoms with Crippen LogP contribution in [0.4, 0.5) is 0 Å². The Morgan fingerprint density at radius 1 is 1.00 bits per heavy atom. The Morgan fingerprint density at radius 2 is 1.70 bits per heavy atom. The summed E-state index contributed by atoms with van der Waals surface area (Å²) < 4.78 is 13.1. The summed E-state index contributed by atoms with van der Waals surface area (Å²) in [5.41, 5.74) is 1.29. The van der Waals surface area contributed by atoms with Gasteiger partial charge in [-0.05, 0) is 66.1 Å². The third-order valence-corrected chi connectivity index (χ3v) is 11.2. The number of fused-ring (bicyclic) bond motifs is 4. The molecule has 4 bridgehead atoms. The topological polar surface area (TPSA) is 35.5 Å². The predicted octanol–water partition coefficient (Wildman–Crippen LogP) is 5.05. The quantitative estimate of drug-likeness (QED) is 0.427. The van der Waals surface area contributed by atoms with Gasteiger partial charge in [0.1, 0.15) is 12.6 Å². The lowest BCUT2D eigenvalue weighted by Gasteiger charge is -2.39. The Hall–Kier alpha value is -0.610. The molecule has 4 aliphatic rings. The van der Waals surface area contributed by atoms with E-state index in [-0.39, 0.29) is 17.5 Å². The van der Waals surface area contributed by atoms with Gasteiger partial charge < -0.3 is 14.0 Å². The van der Waals surface area contributed by atoms with Crippen molar-refractivity contribution in [1.29, 1.82) is 0 Å². The van der Waals surface area contributed by atoms with Crippen molar-refractivity contribution in [2.24, 2.45) is 33.5 Å². The first kappa shape index (κ1) is 22.6. The molecule has 4 saturated carbocycles. The third-order valence-electron chi connectivity index (χ3n) is 11.2. The number of carbonyl (C=O) groups is 1. The van der Waals surface area contributed by atoms with E-state index < -0.39 is 0 Å². The van der Waals surface area contributed by atoms with E-state index in [1.54, 1.807) is 0 Å². The largest absolute Gasteiger partial charge is 0.458 e. The van der Waals surface area contributed by atoms with Crippen molar-refractivity contribution in [2.75, 3.05) is 33.8 Å². The highest BCUT2D eigenvalue weighted by molar-refractivity contribution is 5.71. The number of carbonyl (C=O) groups excluding carboxylic acids is 1. The van der Waals surface area contributed by atoms with Gasteiger partial charge in [0.2, 0.25) is 0 Å². The molecule has 0 unspecified atom stereocenters. The number of ether oxygens (including phenoxy) is 2. The summed E-state index contributed by atoms with van der Waals surface area (Å²) in [4.78, 5) is 12.8. The van der Waals surface area contributed by atoms with Gasteiger partial charge in [-0.1, -0.05) is 41.5 Å². The minimum atomic E-state index is -0.0371. The molecule has 0 aliphatic heterocycles. The van der Waals surface area contributed by atoms with Crippen LogP contribution in [0.15, 0.2) is 0 Å². The molecule has 172 valence electrons. The maximum atomic E-state index is 12.8. The average Bonchev–Trinajstić information content (AvgIpc) is 3.11. The number of esters is 1. The Labute approximate surface area is 184 Å². The van der Waals surface area contributed by atoms with Crippen molar-refractivity contribution >= 4 is 5.97 Å². The monoisotopic (exact) mass is 420 g/mol. The van der Waals surface area contributed by atoms with Crippen molar-refractivity contribution in [3.8, 4) is 0 Å². The molecule has 0 aromatic heterocycles. The van der Waals surface area contributed by atoms with E-state index in [0.29, 0.717) is 39.3 Å². The molecule has 0 amide bonds. The molecule has 0 N–H and O–H groups in total. The van der Waals surface area contributed by atoms with Crippen LogP contribution in [0.3, 0.4) is 0 Å². The summed E-state index contributed by atoms with van der Waals surface area (Å²) >= 11 is 0. The van der Waals surface area contributed by atoms with E-state index in [1.165, 1.54) is 32.1 Å². The lowest BCUT2D eigenvalue weighted by Crippen LogP contribution is -2.48. The fourth-order valence-electron chi connectivity index (χ4n) is 7.79. The highest BCUT2D eigenvalue weighted by atomic mass is 16.5. The van der Waals surface area contributed by atoms with Gasteiger partial charge in [0, 0.05) is 5.92 Å². The number of quaternary nitrogens is 1. The summed E-state index contributed by atoms with van der Waals surface area (Å²) in [6.07, 6.45) is 7.84. The Bertz CT molecular complexity index is 696. The van der Waals surface area contributed by atoms with Crippen molar-refractivity contribution in [3.05, 3.63) is 0 Å². The summed E-state index contributed by atoms with van der Waals surface area (Å²) in [6.45, 7) is 16.4. The van der Waals surface area contributed by atoms with Gasteiger partial charge in [-0.3, -0.25) is 0 Å². The second kappa shape index (κ2) is 6.94. The maximum Gasteiger partial charge on any atom is 0.362 e. The lowest BCUT2D eigenvalue weighted by atomic mass is 9.70. The van der Waals surface area contributed by atoms with Gasteiger partial charge in [-0.15, -0.1) is 0 Å². The second-order valence-corrected chi connectivity index (χ2v) is 13.4. The van der Waals surface area contributed by atoms with Gasteiger partial charge in [-0.25, -0.2) is 4.79 Å². The van der Waals surface area contributed by atoms with E-state index in [9.17, 15) is 4.79 Å². The van der Waals surface area contributed by atoms with E-state index in [2.05, 4.69) is 55.6 Å². The first-order valence-corrected chi connectivity index (χ1v) is 12.4. The van der Waals surface area contributed by atoms with Crippen LogP contribution in [0.1, 0.15) is 80.1 Å². The van der Waals surface area contributed by atoms with E-state index in [0.717, 1.165) is 25.5 Å². The predicted molar refractivity (Wildman–Crippen MR) is 120 cm³/mol. The Kier molecular flexibility index (Phi) is 5.22. The Balaban J connectivity index is 1.25. The normalized spacial score (nSPS) is 43.3. The third kappa shape index (κ3) is 3.27. The molecule has 6 atom stereocenters. The molecular formula is C26H46NO3+. The number of likely N-dealkylation sites (N-methyl/N-ethyl adjacent to an activating group) is 1. The number of nitrogens with zero attached hydrogens (tertiary/aromatic N) is 1. The van der Waals surface area contributed by atoms with E-state index in [1.807, 2.05) is 0 Å². The lowest BCUT2D eigenvalue weighted by molar-refractivity contribution is -0.883. The fraction of sp³-hybridized carbons (Fsp3) is 0.962. The van der Waals surface area contributed by atoms with Crippen LogP contribution >= 0.6 is 0 Å². The van der Waals surface area contributed by atoms with Crippen LogP contribution in [0.2, 0.25) is 0 Å². The maximum absolute atomic E-state index is 12.8. The smallest absolute Gasteiger partial charge is 0.362 e. The molecule has 4 rings (SSSR count). The summed E-state index contributed by atoms with van der Waals surface area (Å²) in [6, 6.07) is 0. The number of hydrogen-bond donors (Lipinski definition) is 0. The molecule has 4 nitrogen and oxygen atoms in total. The zero-order valence-electron chi connectivity index (χ0n) is 20.8. The van der Waals surface area contributed by atoms with Crippen LogP contribution < -0.4 is 0 Å². The van der Waals surface area contributed by atoms with Crippen LogP contribution in [0.5, 0.6) is 0 Å². The summed E-state index contributed by atoms with van der Waals surface area (Å²) in [5.74, 6) is 1.29. The van der Waals surface area contributed by atoms with Gasteiger partial charge in [0.15, 0.2) is 6.54 Å². The standard InChI is InChI=1S/C26H46NO3/c1-23(2)18-9-12-26(23,6)21(15-18)29-14-13-27(7,8)17-22(28)30-20-16-25(5)11-10-19(20)24(25,3)4/h18-21H,9-17H2,1-8H3/q+1/t18-,19+,20-,21-,25+,26+/m0/s1. The van der Waals surface area contributed by atoms with Gasteiger partial charge in [0.05, 0.1) is 26.8 Å². The summed E-state index contributed by atoms with van der Waals surface area (Å²) in [5, 5.41) is 0. The molecule has 0 aromatic carbocycles. The van der Waals surface area contributed by atoms with Crippen LogP contribution in [-0.2, 0) is 14.3 Å². The second-order valence-electron chi connectivity index (χ2n) is 13.4. The Morgan fingerprint density at radius 3 is 2.20 bits per heavy atom. The van der Waals surface area contributed by atoms with Crippen LogP contribution in [0, 0.1) is 33.5 Å². The highest BCUT2D eigenvalue weighted by Crippen LogP contribution is 2.67. The van der Waals surface area contributed by atoms with Gasteiger partial charge in [0.25, 0.3) is 0 Å². The van der Waals surface area contributed by atoms with Gasteiger partial charge in [-0.2, -0.15) is 0 Å². The van der Waals surface area contributed by atoms with Crippen molar-refractivity contribution in [1.82, 2.24) is 0 Å². The number of hydrogen-bond acceptors (Lipinski definition) is 3. The van der Waals surface area contributed by atoms with Crippen molar-refractivity contribution < 1.29 is 18.8 Å². The van der Waals surface area contributed by atoms with E-state index >= 15 is 0 Å². The molecule has 4 heteroatoms. The zero-order chi connectivity index (χ0) is 22.2. The average molecular weight is 421 g/mol. The van der Waals surface area contributed by atoms with Crippen LogP contribution in [0.25, 0.3) is 0 Å². The van der Waals surface area contributed by atoms with E-state index in [4.69, 9.17) is 9.47 Å². The molecular weight excluding hydrogens is 374 g/mol. The molecule has 0 saturated heterocycles.